The highest BCUT2D eigenvalue weighted by Crippen LogP contribution is 2.32. The van der Waals surface area contributed by atoms with Gasteiger partial charge in [0.1, 0.15) is 5.75 Å². The maximum atomic E-state index is 6.32. The minimum Gasteiger partial charge on any atom is -0.493 e. The Balaban J connectivity index is 0.00000218. The molecule has 0 spiro atoms. The van der Waals surface area contributed by atoms with Crippen LogP contribution in [-0.2, 0) is 19.3 Å². The number of hydrogen-bond donors (Lipinski definition) is 2. The molecule has 0 atom stereocenters. The fraction of sp³-hybridized carbons (Fsp3) is 0.280. The lowest BCUT2D eigenvalue weighted by Gasteiger charge is -2.11. The summed E-state index contributed by atoms with van der Waals surface area (Å²) in [5, 5.41) is 7.82. The van der Waals surface area contributed by atoms with Crippen molar-refractivity contribution >= 4 is 45.7 Å². The third kappa shape index (κ3) is 4.02. The van der Waals surface area contributed by atoms with E-state index in [0.717, 1.165) is 60.3 Å². The molecule has 0 bridgehead atoms. The molecule has 3 nitrogen and oxygen atoms in total. The number of hydrogen-bond acceptors (Lipinski definition) is 2. The van der Waals surface area contributed by atoms with Crippen molar-refractivity contribution in [2.45, 2.75) is 25.7 Å². The summed E-state index contributed by atoms with van der Waals surface area (Å²) in [6, 6.07) is 18.7. The van der Waals surface area contributed by atoms with Crippen LogP contribution >= 0.6 is 24.0 Å². The zero-order chi connectivity index (χ0) is 19.6. The third-order valence-electron chi connectivity index (χ3n) is 5.88. The summed E-state index contributed by atoms with van der Waals surface area (Å²) >= 11 is 6.32. The minimum atomic E-state index is 0. The highest BCUT2D eigenvalue weighted by Gasteiger charge is 2.16. The molecule has 0 saturated heterocycles. The number of fused-ring (bicyclic) bond motifs is 4. The van der Waals surface area contributed by atoms with Crippen LogP contribution in [-0.4, -0.2) is 24.7 Å². The molecule has 1 aliphatic rings. The zero-order valence-electron chi connectivity index (χ0n) is 16.8. The Bertz CT molecular complexity index is 1170. The van der Waals surface area contributed by atoms with Crippen molar-refractivity contribution in [3.8, 4) is 5.75 Å². The molecule has 2 heterocycles. The van der Waals surface area contributed by atoms with E-state index in [0.29, 0.717) is 6.61 Å². The van der Waals surface area contributed by atoms with E-state index in [1.54, 1.807) is 0 Å². The van der Waals surface area contributed by atoms with Crippen molar-refractivity contribution in [2.75, 3.05) is 19.7 Å². The highest BCUT2D eigenvalue weighted by molar-refractivity contribution is 6.35. The first kappa shape index (κ1) is 21.0. The maximum Gasteiger partial charge on any atom is 0.127 e. The average Bonchev–Trinajstić information content (AvgIpc) is 2.95. The molecule has 30 heavy (non-hydrogen) atoms. The summed E-state index contributed by atoms with van der Waals surface area (Å²) in [7, 11) is 0. The van der Waals surface area contributed by atoms with Crippen LogP contribution in [0.15, 0.2) is 54.6 Å². The molecule has 0 saturated carbocycles. The van der Waals surface area contributed by atoms with Gasteiger partial charge in [0.25, 0.3) is 0 Å². The van der Waals surface area contributed by atoms with E-state index < -0.39 is 0 Å². The van der Waals surface area contributed by atoms with Gasteiger partial charge < -0.3 is 15.0 Å². The van der Waals surface area contributed by atoms with Crippen molar-refractivity contribution in [1.29, 1.82) is 0 Å². The highest BCUT2D eigenvalue weighted by atomic mass is 35.5. The van der Waals surface area contributed by atoms with E-state index in [1.165, 1.54) is 27.7 Å². The number of nitrogens with one attached hydrogen (secondary N) is 2. The van der Waals surface area contributed by atoms with Crippen LogP contribution in [0.2, 0.25) is 5.02 Å². The second-order valence-corrected chi connectivity index (χ2v) is 8.12. The van der Waals surface area contributed by atoms with E-state index in [9.17, 15) is 0 Å². The van der Waals surface area contributed by atoms with Gasteiger partial charge in [-0.25, -0.2) is 0 Å². The van der Waals surface area contributed by atoms with Crippen LogP contribution in [0, 0.1) is 0 Å². The Kier molecular flexibility index (Phi) is 6.52. The Morgan fingerprint density at radius 1 is 0.900 bits per heavy atom. The standard InChI is InChI=1S/C25H25ClN2O.ClH/c26-21-10-11-24(19-8-2-1-7-18(19)21)29-16-4-6-17-5-3-9-23-25(17)20-12-14-27-15-13-22(20)28-23;/h1-3,5,7-11,27-28H,4,6,12-16H2;1H. The molecule has 1 aliphatic heterocycles. The quantitative estimate of drug-likeness (QED) is 0.368. The summed E-state index contributed by atoms with van der Waals surface area (Å²) in [4.78, 5) is 3.65. The molecule has 2 N–H and O–H groups in total. The Morgan fingerprint density at radius 3 is 2.63 bits per heavy atom. The molecular weight excluding hydrogens is 415 g/mol. The fourth-order valence-corrected chi connectivity index (χ4v) is 4.73. The Hall–Kier alpha value is -2.20. The van der Waals surface area contributed by atoms with Crippen molar-refractivity contribution < 1.29 is 4.74 Å². The molecule has 5 heteroatoms. The zero-order valence-corrected chi connectivity index (χ0v) is 18.4. The Labute approximate surface area is 188 Å². The lowest BCUT2D eigenvalue weighted by Crippen LogP contribution is -2.16. The molecular formula is C25H26Cl2N2O. The van der Waals surface area contributed by atoms with Crippen molar-refractivity contribution in [3.63, 3.8) is 0 Å². The van der Waals surface area contributed by atoms with Gasteiger partial charge in [-0.15, -0.1) is 12.4 Å². The number of H-pyrrole nitrogens is 1. The van der Waals surface area contributed by atoms with Gasteiger partial charge in [-0.05, 0) is 55.1 Å². The van der Waals surface area contributed by atoms with Crippen molar-refractivity contribution in [3.05, 3.63) is 76.4 Å². The topological polar surface area (TPSA) is 37.0 Å². The summed E-state index contributed by atoms with van der Waals surface area (Å²) in [6.07, 6.45) is 4.17. The number of ether oxygens (including phenoxy) is 1. The molecule has 0 amide bonds. The number of aryl methyl sites for hydroxylation is 1. The van der Waals surface area contributed by atoms with Crippen molar-refractivity contribution in [2.24, 2.45) is 0 Å². The second-order valence-electron chi connectivity index (χ2n) is 7.71. The largest absolute Gasteiger partial charge is 0.493 e. The third-order valence-corrected chi connectivity index (χ3v) is 6.21. The van der Waals surface area contributed by atoms with Gasteiger partial charge in [0.15, 0.2) is 0 Å². The monoisotopic (exact) mass is 440 g/mol. The molecule has 156 valence electrons. The lowest BCUT2D eigenvalue weighted by molar-refractivity contribution is 0.315. The molecule has 0 unspecified atom stereocenters. The van der Waals surface area contributed by atoms with Crippen LogP contribution in [0.1, 0.15) is 23.2 Å². The lowest BCUT2D eigenvalue weighted by atomic mass is 9.99. The average molecular weight is 441 g/mol. The fourth-order valence-electron chi connectivity index (χ4n) is 4.50. The molecule has 3 aromatic carbocycles. The summed E-state index contributed by atoms with van der Waals surface area (Å²) in [6.45, 7) is 2.80. The number of aromatic amines is 1. The maximum absolute atomic E-state index is 6.32. The van der Waals surface area contributed by atoms with E-state index >= 15 is 0 Å². The number of benzene rings is 3. The first-order chi connectivity index (χ1) is 14.3. The van der Waals surface area contributed by atoms with Gasteiger partial charge in [0.05, 0.1) is 6.61 Å². The van der Waals surface area contributed by atoms with Crippen molar-refractivity contribution in [1.82, 2.24) is 10.3 Å². The molecule has 5 rings (SSSR count). The molecule has 1 aromatic heterocycles. The molecule has 0 radical (unpaired) electrons. The van der Waals surface area contributed by atoms with Crippen LogP contribution in [0.5, 0.6) is 5.75 Å². The van der Waals surface area contributed by atoms with E-state index in [4.69, 9.17) is 16.3 Å². The predicted octanol–water partition coefficient (Wildman–Crippen LogP) is 6.10. The molecule has 0 aliphatic carbocycles. The van der Waals surface area contributed by atoms with Crippen LogP contribution in [0.4, 0.5) is 0 Å². The van der Waals surface area contributed by atoms with E-state index in [-0.39, 0.29) is 12.4 Å². The van der Waals surface area contributed by atoms with Gasteiger partial charge in [-0.1, -0.05) is 48.0 Å². The second kappa shape index (κ2) is 9.30. The van der Waals surface area contributed by atoms with Crippen LogP contribution in [0.25, 0.3) is 21.7 Å². The predicted molar refractivity (Wildman–Crippen MR) is 129 cm³/mol. The smallest absolute Gasteiger partial charge is 0.127 e. The normalized spacial score (nSPS) is 13.6. The summed E-state index contributed by atoms with van der Waals surface area (Å²) < 4.78 is 6.15. The minimum absolute atomic E-state index is 0. The van der Waals surface area contributed by atoms with Crippen LogP contribution < -0.4 is 10.1 Å². The number of aromatic nitrogens is 1. The van der Waals surface area contributed by atoms with Crippen LogP contribution in [0.3, 0.4) is 0 Å². The molecule has 0 fully saturated rings. The van der Waals surface area contributed by atoms with Gasteiger partial charge in [0.2, 0.25) is 0 Å². The summed E-state index contributed by atoms with van der Waals surface area (Å²) in [5.41, 5.74) is 5.61. The summed E-state index contributed by atoms with van der Waals surface area (Å²) in [5.74, 6) is 0.907. The van der Waals surface area contributed by atoms with Gasteiger partial charge >= 0.3 is 0 Å². The first-order valence-corrected chi connectivity index (χ1v) is 10.8. The van der Waals surface area contributed by atoms with Gasteiger partial charge in [-0.2, -0.15) is 0 Å². The SMILES string of the molecule is Cl.Clc1ccc(OCCCc2cccc3[nH]c4c(c23)CCNCC4)c2ccccc12. The van der Waals surface area contributed by atoms with Gasteiger partial charge in [0, 0.05) is 45.4 Å². The first-order valence-electron chi connectivity index (χ1n) is 10.4. The van der Waals surface area contributed by atoms with E-state index in [2.05, 4.69) is 34.6 Å². The molecule has 4 aromatic rings. The Morgan fingerprint density at radius 2 is 1.73 bits per heavy atom. The van der Waals surface area contributed by atoms with Gasteiger partial charge in [-0.3, -0.25) is 0 Å². The number of rotatable bonds is 5. The number of halogens is 2. The van der Waals surface area contributed by atoms with E-state index in [1.807, 2.05) is 30.3 Å².